The zero-order valence-electron chi connectivity index (χ0n) is 16.5. The first-order valence-electron chi connectivity index (χ1n) is 9.40. The number of nitrogens with zero attached hydrogens (tertiary/aromatic N) is 4. The molecule has 0 radical (unpaired) electrons. The van der Waals surface area contributed by atoms with Gasteiger partial charge in [0.25, 0.3) is 0 Å². The molecule has 1 N–H and O–H groups in total. The van der Waals surface area contributed by atoms with Gasteiger partial charge in [0.2, 0.25) is 5.91 Å². The molecule has 150 valence electrons. The van der Waals surface area contributed by atoms with Crippen molar-refractivity contribution in [3.05, 3.63) is 0 Å². The van der Waals surface area contributed by atoms with Gasteiger partial charge in [-0.05, 0) is 20.8 Å². The molecule has 0 spiro atoms. The van der Waals surface area contributed by atoms with Crippen molar-refractivity contribution in [3.8, 4) is 0 Å². The van der Waals surface area contributed by atoms with Crippen molar-refractivity contribution in [2.24, 2.45) is 4.99 Å². The molecule has 0 bridgehead atoms. The molecule has 0 aromatic carbocycles. The Morgan fingerprint density at radius 3 is 2.31 bits per heavy atom. The number of rotatable bonds is 4. The standard InChI is InChI=1S/C17H33N5O3S/c1-5-18-16(22-12-13-26(24,25)17(3,4)14-22)19-6-7-20-8-10-21(11-9-20)15(2)23/h5-14H2,1-4H3,(H,18,19). The first-order valence-corrected chi connectivity index (χ1v) is 11.0. The minimum absolute atomic E-state index is 0.139. The summed E-state index contributed by atoms with van der Waals surface area (Å²) in [5.41, 5.74) is 0. The van der Waals surface area contributed by atoms with Crippen LogP contribution in [0, 0.1) is 0 Å². The van der Waals surface area contributed by atoms with Crippen molar-refractivity contribution in [3.63, 3.8) is 0 Å². The molecule has 1 amide bonds. The smallest absolute Gasteiger partial charge is 0.219 e. The van der Waals surface area contributed by atoms with Gasteiger partial charge in [0.1, 0.15) is 0 Å². The molecule has 9 heteroatoms. The number of amides is 1. The molecular weight excluding hydrogens is 354 g/mol. The molecule has 2 fully saturated rings. The average Bonchev–Trinajstić information content (AvgIpc) is 2.57. The third kappa shape index (κ3) is 5.09. The van der Waals surface area contributed by atoms with Crippen LogP contribution in [0.5, 0.6) is 0 Å². The summed E-state index contributed by atoms with van der Waals surface area (Å²) in [7, 11) is -3.06. The van der Waals surface area contributed by atoms with Gasteiger partial charge in [0.05, 0.1) is 17.0 Å². The third-order valence-corrected chi connectivity index (χ3v) is 7.71. The summed E-state index contributed by atoms with van der Waals surface area (Å²) in [4.78, 5) is 22.3. The van der Waals surface area contributed by atoms with E-state index >= 15 is 0 Å². The van der Waals surface area contributed by atoms with Gasteiger partial charge in [-0.25, -0.2) is 8.42 Å². The van der Waals surface area contributed by atoms with Gasteiger partial charge in [0.15, 0.2) is 15.8 Å². The second-order valence-corrected chi connectivity index (χ2v) is 10.3. The third-order valence-electron chi connectivity index (χ3n) is 5.17. The first-order chi connectivity index (χ1) is 12.2. The molecule has 26 heavy (non-hydrogen) atoms. The average molecular weight is 388 g/mol. The molecule has 8 nitrogen and oxygen atoms in total. The molecule has 0 aromatic rings. The van der Waals surface area contributed by atoms with Crippen molar-refractivity contribution in [2.45, 2.75) is 32.4 Å². The quantitative estimate of drug-likeness (QED) is 0.523. The van der Waals surface area contributed by atoms with Gasteiger partial charge in [0, 0.05) is 59.3 Å². The molecule has 2 aliphatic heterocycles. The maximum atomic E-state index is 12.2. The van der Waals surface area contributed by atoms with Crippen LogP contribution in [-0.4, -0.2) is 104 Å². The van der Waals surface area contributed by atoms with Crippen LogP contribution in [0.15, 0.2) is 4.99 Å². The molecule has 0 unspecified atom stereocenters. The van der Waals surface area contributed by atoms with E-state index in [1.54, 1.807) is 20.8 Å². The van der Waals surface area contributed by atoms with E-state index in [-0.39, 0.29) is 11.7 Å². The number of carbonyl (C=O) groups excluding carboxylic acids is 1. The zero-order valence-corrected chi connectivity index (χ0v) is 17.3. The maximum absolute atomic E-state index is 12.2. The Kier molecular flexibility index (Phi) is 6.90. The van der Waals surface area contributed by atoms with E-state index in [9.17, 15) is 13.2 Å². The van der Waals surface area contributed by atoms with Gasteiger partial charge in [-0.2, -0.15) is 0 Å². The number of piperazine rings is 1. The van der Waals surface area contributed by atoms with E-state index < -0.39 is 14.6 Å². The van der Waals surface area contributed by atoms with E-state index in [0.29, 0.717) is 19.6 Å². The molecule has 2 heterocycles. The van der Waals surface area contributed by atoms with Gasteiger partial charge in [-0.15, -0.1) is 0 Å². The minimum atomic E-state index is -3.06. The van der Waals surface area contributed by atoms with Crippen molar-refractivity contribution in [2.75, 3.05) is 64.7 Å². The normalized spacial score (nSPS) is 23.8. The molecular formula is C17H33N5O3S. The lowest BCUT2D eigenvalue weighted by molar-refractivity contribution is -0.130. The summed E-state index contributed by atoms with van der Waals surface area (Å²) in [5, 5.41) is 3.29. The first kappa shape index (κ1) is 21.0. The number of sulfone groups is 1. The number of carbonyl (C=O) groups is 1. The Labute approximate surface area is 157 Å². The summed E-state index contributed by atoms with van der Waals surface area (Å²) in [6.07, 6.45) is 0. The van der Waals surface area contributed by atoms with Gasteiger partial charge >= 0.3 is 0 Å². The Hall–Kier alpha value is -1.35. The highest BCUT2D eigenvalue weighted by Gasteiger charge is 2.40. The second kappa shape index (κ2) is 8.56. The Morgan fingerprint density at radius 1 is 1.12 bits per heavy atom. The SMILES string of the molecule is CCNC(=NCCN1CCN(C(C)=O)CC1)N1CCS(=O)(=O)C(C)(C)C1. The number of aliphatic imine (C=N–C) groups is 1. The van der Waals surface area contributed by atoms with Crippen LogP contribution < -0.4 is 5.32 Å². The molecule has 2 rings (SSSR count). The van der Waals surface area contributed by atoms with Gasteiger partial charge in [-0.1, -0.05) is 0 Å². The number of hydrogen-bond acceptors (Lipinski definition) is 5. The number of nitrogens with one attached hydrogen (secondary N) is 1. The molecule has 0 saturated carbocycles. The van der Waals surface area contributed by atoms with Crippen LogP contribution in [0.3, 0.4) is 0 Å². The van der Waals surface area contributed by atoms with Crippen molar-refractivity contribution in [1.82, 2.24) is 20.0 Å². The topological polar surface area (TPSA) is 85.3 Å². The van der Waals surface area contributed by atoms with E-state index in [4.69, 9.17) is 4.99 Å². The van der Waals surface area contributed by atoms with E-state index in [1.165, 1.54) is 0 Å². The van der Waals surface area contributed by atoms with Crippen molar-refractivity contribution < 1.29 is 13.2 Å². The van der Waals surface area contributed by atoms with Crippen LogP contribution in [0.2, 0.25) is 0 Å². The molecule has 0 aliphatic carbocycles. The lowest BCUT2D eigenvalue weighted by Crippen LogP contribution is -2.57. The second-order valence-electron chi connectivity index (χ2n) is 7.58. The van der Waals surface area contributed by atoms with Crippen LogP contribution in [0.4, 0.5) is 0 Å². The Bertz CT molecular complexity index is 624. The summed E-state index contributed by atoms with van der Waals surface area (Å²) >= 11 is 0. The largest absolute Gasteiger partial charge is 0.357 e. The van der Waals surface area contributed by atoms with Crippen LogP contribution in [0.1, 0.15) is 27.7 Å². The summed E-state index contributed by atoms with van der Waals surface area (Å²) in [5.74, 6) is 1.09. The molecule has 2 saturated heterocycles. The Balaban J connectivity index is 1.90. The zero-order chi connectivity index (χ0) is 19.4. The lowest BCUT2D eigenvalue weighted by atomic mass is 10.2. The molecule has 0 atom stereocenters. The monoisotopic (exact) mass is 387 g/mol. The van der Waals surface area contributed by atoms with E-state index in [2.05, 4.69) is 15.1 Å². The summed E-state index contributed by atoms with van der Waals surface area (Å²) in [6.45, 7) is 13.7. The predicted molar refractivity (Wildman–Crippen MR) is 104 cm³/mol. The van der Waals surface area contributed by atoms with Gasteiger partial charge in [-0.3, -0.25) is 14.7 Å². The predicted octanol–water partition coefficient (Wildman–Crippen LogP) is -0.375. The maximum Gasteiger partial charge on any atom is 0.219 e. The van der Waals surface area contributed by atoms with Crippen molar-refractivity contribution in [1.29, 1.82) is 0 Å². The van der Waals surface area contributed by atoms with Crippen molar-refractivity contribution >= 4 is 21.7 Å². The van der Waals surface area contributed by atoms with Crippen LogP contribution in [-0.2, 0) is 14.6 Å². The molecule has 0 aromatic heterocycles. The lowest BCUT2D eigenvalue weighted by Gasteiger charge is -2.39. The highest BCUT2D eigenvalue weighted by Crippen LogP contribution is 2.23. The highest BCUT2D eigenvalue weighted by atomic mass is 32.2. The van der Waals surface area contributed by atoms with E-state index in [0.717, 1.165) is 45.2 Å². The fourth-order valence-electron chi connectivity index (χ4n) is 3.33. The van der Waals surface area contributed by atoms with Crippen LogP contribution in [0.25, 0.3) is 0 Å². The minimum Gasteiger partial charge on any atom is -0.357 e. The highest BCUT2D eigenvalue weighted by molar-refractivity contribution is 7.92. The number of guanidine groups is 1. The Morgan fingerprint density at radius 2 is 1.77 bits per heavy atom. The fraction of sp³-hybridized carbons (Fsp3) is 0.882. The number of hydrogen-bond donors (Lipinski definition) is 1. The fourth-order valence-corrected chi connectivity index (χ4v) is 4.70. The van der Waals surface area contributed by atoms with Gasteiger partial charge < -0.3 is 15.1 Å². The van der Waals surface area contributed by atoms with Crippen LogP contribution >= 0.6 is 0 Å². The summed E-state index contributed by atoms with van der Waals surface area (Å²) in [6, 6.07) is 0. The summed E-state index contributed by atoms with van der Waals surface area (Å²) < 4.78 is 23.6. The molecule has 2 aliphatic rings. The van der Waals surface area contributed by atoms with E-state index in [1.807, 2.05) is 11.8 Å².